The van der Waals surface area contributed by atoms with Gasteiger partial charge in [-0.25, -0.2) is 4.39 Å². The van der Waals surface area contributed by atoms with E-state index in [9.17, 15) is 9.18 Å². The predicted octanol–water partition coefficient (Wildman–Crippen LogP) is 2.58. The summed E-state index contributed by atoms with van der Waals surface area (Å²) in [6.45, 7) is 7.39. The van der Waals surface area contributed by atoms with Crippen LogP contribution in [0, 0.1) is 5.82 Å². The number of hydrogen-bond acceptors (Lipinski definition) is 7. The van der Waals surface area contributed by atoms with Gasteiger partial charge in [0.1, 0.15) is 36.1 Å². The van der Waals surface area contributed by atoms with Crippen LogP contribution >= 0.6 is 0 Å². The zero-order chi connectivity index (χ0) is 27.0. The molecule has 2 saturated heterocycles. The second-order valence-electron chi connectivity index (χ2n) is 10.6. The van der Waals surface area contributed by atoms with Crippen LogP contribution in [0.2, 0.25) is 0 Å². The first-order chi connectivity index (χ1) is 18.3. The maximum absolute atomic E-state index is 13.4. The molecule has 0 saturated carbocycles. The zero-order valence-electron chi connectivity index (χ0n) is 22.9. The average molecular weight is 529 g/mol. The van der Waals surface area contributed by atoms with E-state index in [-0.39, 0.29) is 24.8 Å². The van der Waals surface area contributed by atoms with Crippen molar-refractivity contribution in [3.63, 3.8) is 0 Å². The van der Waals surface area contributed by atoms with Gasteiger partial charge in [-0.1, -0.05) is 12.1 Å². The monoisotopic (exact) mass is 528 g/mol. The largest absolute Gasteiger partial charge is 0.492 e. The number of halogens is 1. The number of benzene rings is 2. The Morgan fingerprint density at radius 1 is 1.03 bits per heavy atom. The van der Waals surface area contributed by atoms with E-state index in [4.69, 9.17) is 14.2 Å². The molecule has 2 aromatic rings. The second kappa shape index (κ2) is 13.4. The molecule has 1 atom stereocenters. The van der Waals surface area contributed by atoms with Crippen LogP contribution < -0.4 is 9.47 Å². The van der Waals surface area contributed by atoms with Gasteiger partial charge in [-0.2, -0.15) is 0 Å². The summed E-state index contributed by atoms with van der Waals surface area (Å²) < 4.78 is 31.7. The van der Waals surface area contributed by atoms with Gasteiger partial charge in [0.15, 0.2) is 0 Å². The molecule has 0 aliphatic carbocycles. The average Bonchev–Trinajstić information content (AvgIpc) is 2.89. The first-order valence-corrected chi connectivity index (χ1v) is 13.4. The molecule has 4 rings (SSSR count). The van der Waals surface area contributed by atoms with Gasteiger partial charge in [-0.15, -0.1) is 0 Å². The molecule has 0 bridgehead atoms. The summed E-state index contributed by atoms with van der Waals surface area (Å²) in [5.74, 6) is 1.18. The van der Waals surface area contributed by atoms with Crippen molar-refractivity contribution in [2.45, 2.75) is 18.6 Å². The van der Waals surface area contributed by atoms with Gasteiger partial charge in [0.2, 0.25) is 5.91 Å². The molecule has 0 unspecified atom stereocenters. The third kappa shape index (κ3) is 8.39. The molecule has 0 N–H and O–H groups in total. The minimum Gasteiger partial charge on any atom is -0.492 e. The van der Waals surface area contributed by atoms with E-state index < -0.39 is 5.60 Å². The number of piperazine rings is 1. The normalized spacial score (nSPS) is 21.0. The zero-order valence-corrected chi connectivity index (χ0v) is 22.9. The summed E-state index contributed by atoms with van der Waals surface area (Å²) in [4.78, 5) is 21.9. The van der Waals surface area contributed by atoms with Crippen molar-refractivity contribution in [2.24, 2.45) is 0 Å². The highest BCUT2D eigenvalue weighted by Crippen LogP contribution is 2.27. The van der Waals surface area contributed by atoms with Gasteiger partial charge in [0, 0.05) is 52.4 Å². The molecule has 38 heavy (non-hydrogen) atoms. The van der Waals surface area contributed by atoms with Gasteiger partial charge in [-0.3, -0.25) is 9.69 Å². The maximum Gasteiger partial charge on any atom is 0.225 e. The molecule has 1 amide bonds. The summed E-state index contributed by atoms with van der Waals surface area (Å²) >= 11 is 0. The lowest BCUT2D eigenvalue weighted by Gasteiger charge is -2.43. The fraction of sp³-hybridized carbons (Fsp3) is 0.552. The highest BCUT2D eigenvalue weighted by molar-refractivity contribution is 5.77. The fourth-order valence-corrected chi connectivity index (χ4v) is 4.83. The topological polar surface area (TPSA) is 57.7 Å². The van der Waals surface area contributed by atoms with Crippen molar-refractivity contribution in [3.05, 3.63) is 59.9 Å². The van der Waals surface area contributed by atoms with E-state index in [1.807, 2.05) is 31.1 Å². The number of carbonyl (C=O) groups excluding carboxylic acids is 1. The van der Waals surface area contributed by atoms with Crippen molar-refractivity contribution < 1.29 is 23.4 Å². The van der Waals surface area contributed by atoms with Crippen LogP contribution in [-0.4, -0.2) is 118 Å². The molecule has 2 fully saturated rings. The Morgan fingerprint density at radius 3 is 2.53 bits per heavy atom. The first kappa shape index (κ1) is 28.3. The van der Waals surface area contributed by atoms with E-state index >= 15 is 0 Å². The molecule has 2 aromatic carbocycles. The molecule has 0 aromatic heterocycles. The Morgan fingerprint density at radius 2 is 1.79 bits per heavy atom. The van der Waals surface area contributed by atoms with E-state index in [1.54, 1.807) is 12.1 Å². The third-order valence-corrected chi connectivity index (χ3v) is 7.08. The number of carbonyl (C=O) groups is 1. The van der Waals surface area contributed by atoms with Crippen LogP contribution in [0.1, 0.15) is 12.0 Å². The van der Waals surface area contributed by atoms with Gasteiger partial charge in [0.05, 0.1) is 13.0 Å². The Labute approximate surface area is 225 Å². The fourth-order valence-electron chi connectivity index (χ4n) is 4.83. The number of rotatable bonds is 11. The number of hydrogen-bond donors (Lipinski definition) is 0. The van der Waals surface area contributed by atoms with Crippen LogP contribution in [0.25, 0.3) is 0 Å². The number of amides is 1. The number of ether oxygens (including phenoxy) is 3. The first-order valence-electron chi connectivity index (χ1n) is 13.4. The van der Waals surface area contributed by atoms with Crippen molar-refractivity contribution in [1.29, 1.82) is 0 Å². The van der Waals surface area contributed by atoms with Crippen LogP contribution in [0.5, 0.6) is 11.5 Å². The summed E-state index contributed by atoms with van der Waals surface area (Å²) in [6, 6.07) is 14.1. The van der Waals surface area contributed by atoms with Gasteiger partial charge in [0.25, 0.3) is 0 Å². The van der Waals surface area contributed by atoms with E-state index in [2.05, 4.69) is 33.9 Å². The molecule has 0 radical (unpaired) electrons. The van der Waals surface area contributed by atoms with Gasteiger partial charge < -0.3 is 28.9 Å². The molecule has 2 aliphatic heterocycles. The summed E-state index contributed by atoms with van der Waals surface area (Å²) in [7, 11) is 6.13. The van der Waals surface area contributed by atoms with Crippen LogP contribution in [-0.2, 0) is 16.1 Å². The minimum atomic E-state index is -0.799. The lowest BCUT2D eigenvalue weighted by atomic mass is 9.96. The minimum absolute atomic E-state index is 0.0824. The molecular formula is C29H41FN4O4. The molecule has 2 heterocycles. The SMILES string of the molecule is CN(C)CCOc1cccc(CN2CCO[C@@](COc3ccc(F)cc3)(CC(=O)N3CCN(C)CC3)C2)c1. The lowest BCUT2D eigenvalue weighted by Crippen LogP contribution is -2.58. The number of nitrogens with zero attached hydrogens (tertiary/aromatic N) is 4. The Bertz CT molecular complexity index is 1030. The van der Waals surface area contributed by atoms with Crippen LogP contribution in [0.3, 0.4) is 0 Å². The lowest BCUT2D eigenvalue weighted by molar-refractivity contribution is -0.157. The van der Waals surface area contributed by atoms with E-state index in [1.165, 1.54) is 12.1 Å². The van der Waals surface area contributed by atoms with Gasteiger partial charge in [-0.05, 0) is 63.1 Å². The molecular weight excluding hydrogens is 487 g/mol. The molecule has 8 nitrogen and oxygen atoms in total. The summed E-state index contributed by atoms with van der Waals surface area (Å²) in [5, 5.41) is 0. The summed E-state index contributed by atoms with van der Waals surface area (Å²) in [6.07, 6.45) is 0.238. The Kier molecular flexibility index (Phi) is 9.96. The number of likely N-dealkylation sites (N-methyl/N-ethyl adjacent to an activating group) is 2. The van der Waals surface area contributed by atoms with Crippen molar-refractivity contribution in [2.75, 3.05) is 86.8 Å². The van der Waals surface area contributed by atoms with Crippen molar-refractivity contribution in [1.82, 2.24) is 19.6 Å². The highest BCUT2D eigenvalue weighted by atomic mass is 19.1. The molecule has 0 spiro atoms. The van der Waals surface area contributed by atoms with Crippen molar-refractivity contribution in [3.8, 4) is 11.5 Å². The number of morpholine rings is 1. The van der Waals surface area contributed by atoms with E-state index in [0.717, 1.165) is 44.0 Å². The molecule has 2 aliphatic rings. The third-order valence-electron chi connectivity index (χ3n) is 7.08. The van der Waals surface area contributed by atoms with Gasteiger partial charge >= 0.3 is 0 Å². The Hall–Kier alpha value is -2.72. The quantitative estimate of drug-likeness (QED) is 0.444. The van der Waals surface area contributed by atoms with Crippen molar-refractivity contribution >= 4 is 5.91 Å². The highest BCUT2D eigenvalue weighted by Gasteiger charge is 2.41. The molecule has 208 valence electrons. The summed E-state index contributed by atoms with van der Waals surface area (Å²) in [5.41, 5.74) is 0.348. The standard InChI is InChI=1S/C29H41FN4O4/c1-31(2)15-17-36-27-6-4-5-24(19-27)21-33-16-18-38-29(22-33,23-37-26-9-7-25(30)8-10-26)20-28(35)34-13-11-32(3)12-14-34/h4-10,19H,11-18,20-23H2,1-3H3/t29-/m0/s1. The maximum atomic E-state index is 13.4. The molecule has 9 heteroatoms. The van der Waals surface area contributed by atoms with Crippen LogP contribution in [0.4, 0.5) is 4.39 Å². The van der Waals surface area contributed by atoms with Crippen LogP contribution in [0.15, 0.2) is 48.5 Å². The predicted molar refractivity (Wildman–Crippen MR) is 145 cm³/mol. The second-order valence-corrected chi connectivity index (χ2v) is 10.6. The Balaban J connectivity index is 1.44. The van der Waals surface area contributed by atoms with E-state index in [0.29, 0.717) is 38.6 Å². The smallest absolute Gasteiger partial charge is 0.225 e.